The number of hydrogen-bond donors (Lipinski definition) is 0. The maximum absolute atomic E-state index is 6.98. The first-order valence-corrected chi connectivity index (χ1v) is 3.06. The molecule has 1 nitrogen and oxygen atoms in total. The van der Waals surface area contributed by atoms with E-state index in [4.69, 9.17) is 24.6 Å². The average Bonchev–Trinajstić information content (AvgIpc) is 1.85. The van der Waals surface area contributed by atoms with E-state index >= 15 is 0 Å². The van der Waals surface area contributed by atoms with Gasteiger partial charge in [-0.3, -0.25) is 0 Å². The number of aromatic nitrogens is 1. The minimum atomic E-state index is 0.181. The van der Waals surface area contributed by atoms with Crippen molar-refractivity contribution < 1.29 is 1.37 Å². The van der Waals surface area contributed by atoms with Crippen molar-refractivity contribution in [3.05, 3.63) is 15.0 Å². The van der Waals surface area contributed by atoms with Crippen LogP contribution in [-0.4, -0.2) is 4.98 Å². The Morgan fingerprint density at radius 2 is 2.57 bits per heavy atom. The zero-order valence-electron chi connectivity index (χ0n) is 4.11. The van der Waals surface area contributed by atoms with Crippen LogP contribution >= 0.6 is 34.5 Å². The fourth-order valence-corrected chi connectivity index (χ4v) is 1.05. The maximum atomic E-state index is 6.98. The molecule has 7 heavy (non-hydrogen) atoms. The van der Waals surface area contributed by atoms with Crippen molar-refractivity contribution in [2.75, 3.05) is 0 Å². The van der Waals surface area contributed by atoms with Crippen LogP contribution in [0.5, 0.6) is 0 Å². The number of thiazole rings is 1. The number of hydrogen-bond acceptors (Lipinski definition) is 2. The summed E-state index contributed by atoms with van der Waals surface area (Å²) in [6.45, 7) is 0. The van der Waals surface area contributed by atoms with E-state index < -0.39 is 0 Å². The van der Waals surface area contributed by atoms with Gasteiger partial charge >= 0.3 is 0 Å². The second-order valence-corrected chi connectivity index (χ2v) is 2.59. The second-order valence-electron chi connectivity index (χ2n) is 0.860. The lowest BCUT2D eigenvalue weighted by Gasteiger charge is -1.66. The van der Waals surface area contributed by atoms with Gasteiger partial charge < -0.3 is 0 Å². The van der Waals surface area contributed by atoms with E-state index in [1.54, 1.807) is 0 Å². The van der Waals surface area contributed by atoms with Crippen LogP contribution in [0.25, 0.3) is 0 Å². The van der Waals surface area contributed by atoms with Gasteiger partial charge in [-0.1, -0.05) is 23.2 Å². The molecule has 0 saturated heterocycles. The van der Waals surface area contributed by atoms with Gasteiger partial charge in [-0.15, -0.1) is 11.3 Å². The van der Waals surface area contributed by atoms with Gasteiger partial charge in [0.25, 0.3) is 0 Å². The lowest BCUT2D eigenvalue weighted by Crippen LogP contribution is -1.54. The van der Waals surface area contributed by atoms with Gasteiger partial charge in [-0.25, -0.2) is 4.98 Å². The molecule has 1 aromatic heterocycles. The van der Waals surface area contributed by atoms with Gasteiger partial charge in [0.05, 0.1) is 1.37 Å². The van der Waals surface area contributed by atoms with Crippen LogP contribution in [0, 0.1) is 0 Å². The summed E-state index contributed by atoms with van der Waals surface area (Å²) in [5, 5.41) is 0.400. The van der Waals surface area contributed by atoms with Gasteiger partial charge in [0, 0.05) is 5.36 Å². The highest BCUT2D eigenvalue weighted by Crippen LogP contribution is 2.17. The third-order valence-corrected chi connectivity index (χ3v) is 1.57. The van der Waals surface area contributed by atoms with E-state index in [-0.39, 0.29) is 10.5 Å². The van der Waals surface area contributed by atoms with E-state index in [0.717, 1.165) is 11.3 Å². The molecule has 0 aliphatic rings. The fourth-order valence-electron chi connectivity index (χ4n) is 0.207. The Labute approximate surface area is 56.3 Å². The van der Waals surface area contributed by atoms with Crippen molar-refractivity contribution in [3.63, 3.8) is 0 Å². The third-order valence-electron chi connectivity index (χ3n) is 0.406. The molecule has 1 aromatic rings. The molecule has 0 radical (unpaired) electrons. The average molecular weight is 155 g/mol. The Morgan fingerprint density at radius 1 is 1.86 bits per heavy atom. The molecule has 0 unspecified atom stereocenters. The predicted molar refractivity (Wildman–Crippen MR) is 32.1 cm³/mol. The predicted octanol–water partition coefficient (Wildman–Crippen LogP) is 2.45. The van der Waals surface area contributed by atoms with Crippen molar-refractivity contribution >= 4 is 34.5 Å². The normalized spacial score (nSPS) is 11.4. The quantitative estimate of drug-likeness (QED) is 0.560. The first kappa shape index (κ1) is 4.13. The molecule has 1 rings (SSSR count). The van der Waals surface area contributed by atoms with Crippen LogP contribution in [0.1, 0.15) is 1.37 Å². The van der Waals surface area contributed by atoms with E-state index in [1.165, 1.54) is 0 Å². The first-order chi connectivity index (χ1) is 3.70. The van der Waals surface area contributed by atoms with Crippen molar-refractivity contribution in [2.45, 2.75) is 0 Å². The van der Waals surface area contributed by atoms with Crippen molar-refractivity contribution in [2.24, 2.45) is 0 Å². The van der Waals surface area contributed by atoms with E-state index in [2.05, 4.69) is 4.98 Å². The zero-order chi connectivity index (χ0) is 6.15. The zero-order valence-corrected chi connectivity index (χ0v) is 5.44. The van der Waals surface area contributed by atoms with Crippen molar-refractivity contribution in [1.29, 1.82) is 0 Å². The summed E-state index contributed by atoms with van der Waals surface area (Å²) >= 11 is 11.8. The van der Waals surface area contributed by atoms with Crippen LogP contribution in [0.3, 0.4) is 0 Å². The van der Waals surface area contributed by atoms with Crippen LogP contribution < -0.4 is 0 Å². The molecule has 38 valence electrons. The third kappa shape index (κ3) is 1.30. The summed E-state index contributed by atoms with van der Waals surface area (Å²) in [7, 11) is 0. The molecule has 1 heterocycles. The van der Waals surface area contributed by atoms with Gasteiger partial charge in [0.1, 0.15) is 5.15 Å². The van der Waals surface area contributed by atoms with E-state index in [1.807, 2.05) is 0 Å². The van der Waals surface area contributed by atoms with Gasteiger partial charge in [0.15, 0.2) is 4.47 Å². The molecule has 0 aromatic carbocycles. The molecule has 0 aliphatic carbocycles. The summed E-state index contributed by atoms with van der Waals surface area (Å²) in [5.74, 6) is 0. The Balaban J connectivity index is 3.14. The molecule has 0 fully saturated rings. The van der Waals surface area contributed by atoms with Gasteiger partial charge in [-0.2, -0.15) is 0 Å². The largest absolute Gasteiger partial charge is 0.213 e. The molecular formula is C3HCl2NS. The standard InChI is InChI=1S/C3HCl2NS/c4-2-1-7-3(5)6-2/h1H/i1D. The molecule has 0 spiro atoms. The van der Waals surface area contributed by atoms with Crippen LogP contribution in [0.4, 0.5) is 0 Å². The summed E-state index contributed by atoms with van der Waals surface area (Å²) in [6, 6.07) is 0. The molecule has 0 saturated carbocycles. The Bertz CT molecular complexity index is 180. The van der Waals surface area contributed by atoms with Crippen molar-refractivity contribution in [3.8, 4) is 0 Å². The van der Waals surface area contributed by atoms with Crippen LogP contribution in [-0.2, 0) is 0 Å². The topological polar surface area (TPSA) is 12.9 Å². The fraction of sp³-hybridized carbons (Fsp3) is 0. The molecule has 0 N–H and O–H groups in total. The maximum Gasteiger partial charge on any atom is 0.185 e. The van der Waals surface area contributed by atoms with Crippen LogP contribution in [0.15, 0.2) is 5.36 Å². The summed E-state index contributed by atoms with van der Waals surface area (Å²) in [6.07, 6.45) is 0. The van der Waals surface area contributed by atoms with E-state index in [0.29, 0.717) is 4.47 Å². The van der Waals surface area contributed by atoms with Gasteiger partial charge in [0.2, 0.25) is 0 Å². The SMILES string of the molecule is [2H]c1sc(Cl)nc1Cl. The molecule has 0 bridgehead atoms. The number of nitrogens with zero attached hydrogens (tertiary/aromatic N) is 1. The Kier molecular flexibility index (Phi) is 1.17. The molecule has 4 heteroatoms. The highest BCUT2D eigenvalue weighted by molar-refractivity contribution is 7.14. The summed E-state index contributed by atoms with van der Waals surface area (Å²) in [5.41, 5.74) is 0. The Hall–Kier alpha value is 0.210. The molecule has 0 amide bonds. The minimum absolute atomic E-state index is 0.181. The highest BCUT2D eigenvalue weighted by atomic mass is 35.5. The summed E-state index contributed by atoms with van der Waals surface area (Å²) < 4.78 is 7.30. The van der Waals surface area contributed by atoms with Gasteiger partial charge in [-0.05, 0) is 0 Å². The number of rotatable bonds is 0. The highest BCUT2D eigenvalue weighted by Gasteiger charge is 1.90. The second kappa shape index (κ2) is 1.99. The molecule has 0 aliphatic heterocycles. The first-order valence-electron chi connectivity index (χ1n) is 1.98. The summed E-state index contributed by atoms with van der Waals surface area (Å²) in [4.78, 5) is 3.57. The lowest BCUT2D eigenvalue weighted by molar-refractivity contribution is 1.42. The monoisotopic (exact) mass is 154 g/mol. The number of halogens is 2. The lowest BCUT2D eigenvalue weighted by atomic mass is 11.0. The Morgan fingerprint density at radius 3 is 2.71 bits per heavy atom. The van der Waals surface area contributed by atoms with Crippen molar-refractivity contribution in [1.82, 2.24) is 4.98 Å². The van der Waals surface area contributed by atoms with Crippen LogP contribution in [0.2, 0.25) is 9.62 Å². The molecule has 0 atom stereocenters. The minimum Gasteiger partial charge on any atom is -0.213 e. The van der Waals surface area contributed by atoms with E-state index in [9.17, 15) is 0 Å². The smallest absolute Gasteiger partial charge is 0.185 e. The molecular weight excluding hydrogens is 153 g/mol.